The summed E-state index contributed by atoms with van der Waals surface area (Å²) < 4.78 is 0. The van der Waals surface area contributed by atoms with Gasteiger partial charge in [0.05, 0.1) is 5.60 Å². The Balaban J connectivity index is 1.91. The molecule has 0 unspecified atom stereocenters. The van der Waals surface area contributed by atoms with Crippen LogP contribution in [0.15, 0.2) is 0 Å². The van der Waals surface area contributed by atoms with Gasteiger partial charge in [-0.05, 0) is 38.6 Å². The molecule has 0 aromatic rings. The van der Waals surface area contributed by atoms with Crippen LogP contribution in [-0.2, 0) is 0 Å². The van der Waals surface area contributed by atoms with Crippen molar-refractivity contribution in [2.45, 2.75) is 37.7 Å². The molecule has 2 aliphatic rings. The largest absolute Gasteiger partial charge is 0.390 e. The zero-order chi connectivity index (χ0) is 7.73. The second kappa shape index (κ2) is 2.76. The molecule has 11 heavy (non-hydrogen) atoms. The van der Waals surface area contributed by atoms with Crippen LogP contribution in [0.2, 0.25) is 0 Å². The minimum atomic E-state index is -0.270. The molecule has 0 aromatic heterocycles. The standard InChI is InChI=1S/C9H17NO/c11-9(4-2-5-9)8-3-1-6-10-7-8/h8,10-11H,1-7H2/t8-/m0/s1. The molecule has 1 aliphatic carbocycles. The number of hydrogen-bond acceptors (Lipinski definition) is 2. The predicted molar refractivity (Wildman–Crippen MR) is 44.4 cm³/mol. The van der Waals surface area contributed by atoms with Gasteiger partial charge in [0, 0.05) is 12.5 Å². The van der Waals surface area contributed by atoms with Gasteiger partial charge in [0.15, 0.2) is 0 Å². The maximum absolute atomic E-state index is 9.99. The second-order valence-electron chi connectivity index (χ2n) is 4.00. The van der Waals surface area contributed by atoms with E-state index >= 15 is 0 Å². The first-order chi connectivity index (χ1) is 5.31. The lowest BCUT2D eigenvalue weighted by molar-refractivity contribution is -0.0892. The molecular weight excluding hydrogens is 138 g/mol. The molecule has 1 heterocycles. The summed E-state index contributed by atoms with van der Waals surface area (Å²) in [5.74, 6) is 0.546. The van der Waals surface area contributed by atoms with Gasteiger partial charge < -0.3 is 10.4 Å². The lowest BCUT2D eigenvalue weighted by atomic mass is 9.69. The van der Waals surface area contributed by atoms with Gasteiger partial charge in [-0.15, -0.1) is 0 Å². The van der Waals surface area contributed by atoms with Crippen LogP contribution in [0, 0.1) is 5.92 Å². The van der Waals surface area contributed by atoms with E-state index < -0.39 is 0 Å². The number of aliphatic hydroxyl groups is 1. The van der Waals surface area contributed by atoms with Crippen LogP contribution in [0.1, 0.15) is 32.1 Å². The second-order valence-corrected chi connectivity index (χ2v) is 4.00. The van der Waals surface area contributed by atoms with Crippen molar-refractivity contribution in [1.29, 1.82) is 0 Å². The Kier molecular flexibility index (Phi) is 1.90. The van der Waals surface area contributed by atoms with Crippen molar-refractivity contribution in [2.75, 3.05) is 13.1 Å². The smallest absolute Gasteiger partial charge is 0.0688 e. The molecule has 64 valence electrons. The van der Waals surface area contributed by atoms with Crippen LogP contribution < -0.4 is 5.32 Å². The Morgan fingerprint density at radius 2 is 2.09 bits per heavy atom. The molecule has 2 fully saturated rings. The van der Waals surface area contributed by atoms with Crippen LogP contribution in [-0.4, -0.2) is 23.8 Å². The van der Waals surface area contributed by atoms with Crippen LogP contribution in [0.25, 0.3) is 0 Å². The van der Waals surface area contributed by atoms with Gasteiger partial charge in [-0.1, -0.05) is 0 Å². The first-order valence-corrected chi connectivity index (χ1v) is 4.74. The van der Waals surface area contributed by atoms with E-state index in [9.17, 15) is 5.11 Å². The number of rotatable bonds is 1. The summed E-state index contributed by atoms with van der Waals surface area (Å²) in [5.41, 5.74) is -0.270. The minimum absolute atomic E-state index is 0.270. The van der Waals surface area contributed by atoms with E-state index in [-0.39, 0.29) is 5.60 Å². The average Bonchev–Trinajstić information content (AvgIpc) is 2.02. The molecule has 1 saturated heterocycles. The zero-order valence-electron chi connectivity index (χ0n) is 6.97. The van der Waals surface area contributed by atoms with Crippen molar-refractivity contribution in [3.63, 3.8) is 0 Å². The molecule has 2 rings (SSSR count). The lowest BCUT2D eigenvalue weighted by Gasteiger charge is -2.45. The highest BCUT2D eigenvalue weighted by Gasteiger charge is 2.42. The highest BCUT2D eigenvalue weighted by atomic mass is 16.3. The van der Waals surface area contributed by atoms with Gasteiger partial charge in [0.1, 0.15) is 0 Å². The molecule has 0 radical (unpaired) electrons. The van der Waals surface area contributed by atoms with Gasteiger partial charge in [0.25, 0.3) is 0 Å². The molecule has 1 saturated carbocycles. The zero-order valence-corrected chi connectivity index (χ0v) is 6.97. The highest BCUT2D eigenvalue weighted by Crippen LogP contribution is 2.40. The Labute approximate surface area is 68.0 Å². The highest BCUT2D eigenvalue weighted by molar-refractivity contribution is 4.95. The quantitative estimate of drug-likeness (QED) is 0.589. The van der Waals surface area contributed by atoms with Crippen LogP contribution >= 0.6 is 0 Å². The lowest BCUT2D eigenvalue weighted by Crippen LogP contribution is -2.50. The summed E-state index contributed by atoms with van der Waals surface area (Å²) in [5, 5.41) is 13.3. The van der Waals surface area contributed by atoms with Crippen LogP contribution in [0.4, 0.5) is 0 Å². The third-order valence-corrected chi connectivity index (χ3v) is 3.28. The Bertz CT molecular complexity index is 136. The maximum atomic E-state index is 9.99. The Hall–Kier alpha value is -0.0800. The van der Waals surface area contributed by atoms with Crippen molar-refractivity contribution < 1.29 is 5.11 Å². The molecule has 1 atom stereocenters. The van der Waals surface area contributed by atoms with E-state index in [1.165, 1.54) is 19.3 Å². The topological polar surface area (TPSA) is 32.3 Å². The third kappa shape index (κ3) is 1.30. The van der Waals surface area contributed by atoms with Crippen molar-refractivity contribution in [3.05, 3.63) is 0 Å². The summed E-state index contributed by atoms with van der Waals surface area (Å²) in [7, 11) is 0. The summed E-state index contributed by atoms with van der Waals surface area (Å²) in [6.45, 7) is 2.18. The first kappa shape index (κ1) is 7.56. The maximum Gasteiger partial charge on any atom is 0.0688 e. The van der Waals surface area contributed by atoms with Crippen LogP contribution in [0.5, 0.6) is 0 Å². The monoisotopic (exact) mass is 155 g/mol. The van der Waals surface area contributed by atoms with Crippen molar-refractivity contribution in [2.24, 2.45) is 5.92 Å². The molecule has 0 amide bonds. The summed E-state index contributed by atoms with van der Waals surface area (Å²) in [6.07, 6.45) is 5.78. The van der Waals surface area contributed by atoms with E-state index in [2.05, 4.69) is 5.32 Å². The van der Waals surface area contributed by atoms with Crippen LogP contribution in [0.3, 0.4) is 0 Å². The van der Waals surface area contributed by atoms with E-state index in [1.54, 1.807) is 0 Å². The van der Waals surface area contributed by atoms with Gasteiger partial charge in [-0.3, -0.25) is 0 Å². The van der Waals surface area contributed by atoms with E-state index in [1.807, 2.05) is 0 Å². The fraction of sp³-hybridized carbons (Fsp3) is 1.00. The third-order valence-electron chi connectivity index (χ3n) is 3.28. The van der Waals surface area contributed by atoms with Gasteiger partial charge in [-0.2, -0.15) is 0 Å². The van der Waals surface area contributed by atoms with E-state index in [0.717, 1.165) is 25.9 Å². The Morgan fingerprint density at radius 3 is 2.55 bits per heavy atom. The molecule has 2 N–H and O–H groups in total. The molecule has 1 aliphatic heterocycles. The summed E-state index contributed by atoms with van der Waals surface area (Å²) in [6, 6.07) is 0. The molecule has 2 nitrogen and oxygen atoms in total. The molecule has 0 spiro atoms. The van der Waals surface area contributed by atoms with E-state index in [4.69, 9.17) is 0 Å². The number of hydrogen-bond donors (Lipinski definition) is 2. The summed E-state index contributed by atoms with van der Waals surface area (Å²) >= 11 is 0. The first-order valence-electron chi connectivity index (χ1n) is 4.74. The minimum Gasteiger partial charge on any atom is -0.390 e. The normalized spacial score (nSPS) is 36.3. The van der Waals surface area contributed by atoms with E-state index in [0.29, 0.717) is 5.92 Å². The SMILES string of the molecule is OC1([C@H]2CCCNC2)CCC1. The fourth-order valence-corrected chi connectivity index (χ4v) is 2.26. The van der Waals surface area contributed by atoms with Crippen molar-refractivity contribution >= 4 is 0 Å². The van der Waals surface area contributed by atoms with Crippen molar-refractivity contribution in [1.82, 2.24) is 5.32 Å². The molecule has 0 bridgehead atoms. The van der Waals surface area contributed by atoms with Crippen molar-refractivity contribution in [3.8, 4) is 0 Å². The fourth-order valence-electron chi connectivity index (χ4n) is 2.26. The molecular formula is C9H17NO. The summed E-state index contributed by atoms with van der Waals surface area (Å²) in [4.78, 5) is 0. The Morgan fingerprint density at radius 1 is 1.27 bits per heavy atom. The van der Waals surface area contributed by atoms with Gasteiger partial charge in [-0.25, -0.2) is 0 Å². The number of nitrogens with one attached hydrogen (secondary N) is 1. The van der Waals surface area contributed by atoms with Gasteiger partial charge in [0.2, 0.25) is 0 Å². The average molecular weight is 155 g/mol. The molecule has 0 aromatic carbocycles. The molecule has 2 heteroatoms. The van der Waals surface area contributed by atoms with Gasteiger partial charge >= 0.3 is 0 Å². The predicted octanol–water partition coefficient (Wildman–Crippen LogP) is 0.901. The number of piperidine rings is 1.